The molecule has 7 N–H and O–H groups in total. The summed E-state index contributed by atoms with van der Waals surface area (Å²) in [5.41, 5.74) is 10.4. The van der Waals surface area contributed by atoms with Crippen LogP contribution in [0.25, 0.3) is 38.5 Å². The summed E-state index contributed by atoms with van der Waals surface area (Å²) in [6.07, 6.45) is 17.2. The van der Waals surface area contributed by atoms with Crippen LogP contribution in [0.15, 0.2) is 114 Å². The molecule has 4 aliphatic carbocycles. The SMILES string of the molecule is CC(C)C[C@H]1C(=O)N2CCC[C@H]2[C@]2(O)O[C@](NC(=O)[C@@H]3C=C4c5cccc6[nH]c(Br)c(c56)C[C@H]4N(C)C3)(C(C)C)C(=O)N12.CC(C)[C@H]1C(=O)N2CCC[C@H]2[C@]2(O)O[C@@](C)(NC(=O)[C@@H]3C=C4c5cccc6[nH]cc(c56)C[C@H]4N(C)C3)C(=O)N12.CN1C[C@H](C(=O)C[C@]2(C)O[C@@]3(O)[C@@H]4CCCN4C(=O)C(Cc4ccccc4)N3C2=O)C[C@@H]2c3cccc4c3C(=CC4)C[C@H]21. The number of hydrogen-bond donors (Lipinski definition) is 7. The Kier molecular flexibility index (Phi) is 20.3. The maximum Gasteiger partial charge on any atom is 0.281 e. The number of benzene rings is 4. The lowest BCUT2D eigenvalue weighted by molar-refractivity contribution is -0.322. The molecule has 10 fully saturated rings. The number of piperidine rings is 1. The van der Waals surface area contributed by atoms with Gasteiger partial charge in [-0.15, -0.1) is 0 Å². The van der Waals surface area contributed by atoms with Crippen molar-refractivity contribution < 1.29 is 72.7 Å². The number of likely N-dealkylation sites (N-methyl/N-ethyl adjacent to an activating group) is 3. The van der Waals surface area contributed by atoms with E-state index in [0.717, 1.165) is 94.8 Å². The topological polar surface area (TPSA) is 327 Å². The van der Waals surface area contributed by atoms with E-state index in [-0.39, 0.29) is 83.9 Å². The minimum absolute atomic E-state index is 0.0206. The molecule has 6 aromatic rings. The van der Waals surface area contributed by atoms with Crippen LogP contribution in [0.2, 0.25) is 0 Å². The van der Waals surface area contributed by atoms with E-state index in [1.165, 1.54) is 65.8 Å². The Morgan fingerprint density at radius 1 is 0.600 bits per heavy atom. The summed E-state index contributed by atoms with van der Waals surface area (Å²) in [6.45, 7) is 17.5. The molecule has 14 heterocycles. The zero-order valence-electron chi connectivity index (χ0n) is 72.9. The third-order valence-electron chi connectivity index (χ3n) is 30.9. The Morgan fingerprint density at radius 3 is 1.82 bits per heavy atom. The Morgan fingerprint density at radius 2 is 1.18 bits per heavy atom. The van der Waals surface area contributed by atoms with Crippen LogP contribution in [-0.2, 0) is 83.0 Å². The van der Waals surface area contributed by atoms with Crippen molar-refractivity contribution in [3.8, 4) is 0 Å². The average molecular weight is 1770 g/mol. The number of hydrogen-bond acceptors (Lipinski definition) is 18. The van der Waals surface area contributed by atoms with Crippen LogP contribution in [0.5, 0.6) is 0 Å². The number of carbonyl (C=O) groups is 9. The van der Waals surface area contributed by atoms with Gasteiger partial charge in [0, 0.05) is 116 Å². The number of rotatable bonds is 13. The Balaban J connectivity index is 0.000000119. The molecule has 8 amide bonds. The number of fused-ring (bicyclic) bond motifs is 15. The Bertz CT molecular complexity index is 5650. The molecule has 29 heteroatoms. The number of Topliss-reactive ketones (excluding diaryl/α,β-unsaturated/α-hetero) is 1. The highest BCUT2D eigenvalue weighted by Crippen LogP contribution is 2.55. The molecule has 22 rings (SSSR count). The van der Waals surface area contributed by atoms with Crippen molar-refractivity contribution in [1.29, 1.82) is 0 Å². The summed E-state index contributed by atoms with van der Waals surface area (Å²) >= 11 is 3.70. The molecule has 125 heavy (non-hydrogen) atoms. The van der Waals surface area contributed by atoms with Gasteiger partial charge in [-0.2, -0.15) is 0 Å². The number of likely N-dealkylation sites (tertiary alicyclic amines) is 1. The zero-order chi connectivity index (χ0) is 87.7. The molecule has 2 aromatic heterocycles. The van der Waals surface area contributed by atoms with Gasteiger partial charge in [-0.3, -0.25) is 77.1 Å². The van der Waals surface area contributed by atoms with Gasteiger partial charge in [-0.1, -0.05) is 133 Å². The van der Waals surface area contributed by atoms with Crippen LogP contribution in [0.4, 0.5) is 0 Å². The highest BCUT2D eigenvalue weighted by molar-refractivity contribution is 9.10. The second-order valence-corrected chi connectivity index (χ2v) is 40.5. The third kappa shape index (κ3) is 12.8. The fourth-order valence-corrected chi connectivity index (χ4v) is 25.5. The fraction of sp³-hybridized carbons (Fsp3) is 0.552. The summed E-state index contributed by atoms with van der Waals surface area (Å²) in [4.78, 5) is 148. The smallest absolute Gasteiger partial charge is 0.281 e. The number of amides is 8. The van der Waals surface area contributed by atoms with Crippen LogP contribution >= 0.6 is 15.9 Å². The fourth-order valence-electron chi connectivity index (χ4n) is 25.0. The number of aliphatic hydroxyl groups is 3. The molecule has 10 saturated heterocycles. The second-order valence-electron chi connectivity index (χ2n) is 39.7. The number of H-pyrrole nitrogens is 2. The summed E-state index contributed by atoms with van der Waals surface area (Å²) < 4.78 is 19.9. The van der Waals surface area contributed by atoms with Crippen LogP contribution in [-0.4, -0.2) is 272 Å². The first-order chi connectivity index (χ1) is 59.6. The summed E-state index contributed by atoms with van der Waals surface area (Å²) in [5, 5.41) is 44.3. The van der Waals surface area contributed by atoms with E-state index >= 15 is 0 Å². The van der Waals surface area contributed by atoms with Gasteiger partial charge in [0.25, 0.3) is 35.5 Å². The van der Waals surface area contributed by atoms with Crippen molar-refractivity contribution in [2.24, 2.45) is 35.5 Å². The monoisotopic (exact) mass is 1770 g/mol. The van der Waals surface area contributed by atoms with Gasteiger partial charge in [0.15, 0.2) is 5.60 Å². The van der Waals surface area contributed by atoms with Crippen molar-refractivity contribution in [1.82, 2.24) is 64.7 Å². The van der Waals surface area contributed by atoms with Gasteiger partial charge in [0.2, 0.25) is 41.0 Å². The number of ether oxygens (including phenoxy) is 3. The van der Waals surface area contributed by atoms with Crippen molar-refractivity contribution in [2.45, 2.75) is 240 Å². The molecule has 19 atom stereocenters. The van der Waals surface area contributed by atoms with Crippen LogP contribution in [0.3, 0.4) is 0 Å². The number of halogens is 1. The Labute approximate surface area is 735 Å². The number of aromatic amines is 2. The van der Waals surface area contributed by atoms with Gasteiger partial charge in [0.05, 0.1) is 16.4 Å². The molecule has 0 bridgehead atoms. The highest BCUT2D eigenvalue weighted by Gasteiger charge is 2.75. The first-order valence-corrected chi connectivity index (χ1v) is 46.0. The predicted octanol–water partition coefficient (Wildman–Crippen LogP) is 7.87. The Hall–Kier alpha value is -9.27. The molecule has 16 aliphatic rings. The number of nitrogens with zero attached hydrogens (tertiary/aromatic N) is 9. The number of nitrogens with one attached hydrogen (secondary N) is 4. The van der Waals surface area contributed by atoms with Crippen molar-refractivity contribution in [3.05, 3.63) is 158 Å². The van der Waals surface area contributed by atoms with E-state index in [1.807, 2.05) is 96.4 Å². The molecule has 0 spiro atoms. The van der Waals surface area contributed by atoms with Crippen molar-refractivity contribution >= 4 is 107 Å². The lowest BCUT2D eigenvalue weighted by Crippen LogP contribution is -2.72. The molecule has 12 aliphatic heterocycles. The van der Waals surface area contributed by atoms with Gasteiger partial charge < -0.3 is 60.3 Å². The van der Waals surface area contributed by atoms with Gasteiger partial charge in [0.1, 0.15) is 42.0 Å². The predicted molar refractivity (Wildman–Crippen MR) is 466 cm³/mol. The highest BCUT2D eigenvalue weighted by atomic mass is 79.9. The average Bonchev–Trinajstić information content (AvgIpc) is 1.51. The molecule has 0 radical (unpaired) electrons. The molecule has 660 valence electrons. The largest absolute Gasteiger partial charge is 0.361 e. The molecule has 1 unspecified atom stereocenters. The van der Waals surface area contributed by atoms with Crippen molar-refractivity contribution in [3.63, 3.8) is 0 Å². The lowest BCUT2D eigenvalue weighted by atomic mass is 9.69. The van der Waals surface area contributed by atoms with E-state index in [9.17, 15) is 58.5 Å². The van der Waals surface area contributed by atoms with Crippen LogP contribution in [0.1, 0.15) is 170 Å². The minimum Gasteiger partial charge on any atom is -0.361 e. The minimum atomic E-state index is -2.01. The molecule has 0 saturated carbocycles. The number of carbonyl (C=O) groups excluding carboxylic acids is 9. The standard InChI is InChI=1S/C35H39N3O5.C32H40BrN5O5.C29H35N5O5/c1-34(19-29(39)24-17-26-25-11-6-10-22-13-14-23(31(22)25)18-27(26)36(2)20-24)33(41)38-28(16-21-8-4-3-5-9-21)32(40)37-15-7-12-30(37)35(38,42)43-34;1-16(2)12-24-29(40)37-11-7-10-25(37)32(42)38(24)30(41)31(43-32,17(3)4)35-28(39)18-13-20-19-8-6-9-22-26(19)21(27(33)34-22)14-23(20)36(5)15-18;1-15(2)24-26(36)33-10-6-9-22(33)29(38)34(24)27(37)28(3,39-29)31-25(35)17-11-19-18-7-5-8-20-23(18)16(13-30-20)12-21(19)32(4)14-17/h3-6,8-11,14,24,26-28,30,42H,7,12-13,15-20H2,1-2H3;6,8-9,13,16-18,23-25,34,42H,7,10-12,14-15H2,1-5H3,(H,35,39);5,7-8,11,13,15,17,21-22,24,30,38H,6,9-10,12,14H2,1-4H3,(H,31,35)/t24-,26-,27-,28?,30+,34+,35+;18-,23-,24+,25+,31-,32+;17-,21-,22+,24+,28-,29+/m111/s1. The number of piperazine rings is 3. The zero-order valence-corrected chi connectivity index (χ0v) is 74.5. The third-order valence-corrected chi connectivity index (χ3v) is 31.5. The number of aromatic nitrogens is 2. The van der Waals surface area contributed by atoms with Gasteiger partial charge in [-0.05, 0) is 213 Å². The maximum atomic E-state index is 14.4. The second kappa shape index (κ2) is 30.2. The normalized spacial score (nSPS) is 35.2. The van der Waals surface area contributed by atoms with Gasteiger partial charge >= 0.3 is 0 Å². The van der Waals surface area contributed by atoms with Crippen LogP contribution < -0.4 is 10.6 Å². The number of ketones is 1. The number of allylic oxidation sites excluding steroid dienone is 1. The van der Waals surface area contributed by atoms with Gasteiger partial charge in [-0.25, -0.2) is 0 Å². The van der Waals surface area contributed by atoms with Crippen LogP contribution in [0, 0.1) is 35.5 Å². The summed E-state index contributed by atoms with van der Waals surface area (Å²) in [7, 11) is 6.15. The molecular formula is C96H114BrN13O15. The molecular weight excluding hydrogens is 1660 g/mol. The first-order valence-electron chi connectivity index (χ1n) is 45.2. The van der Waals surface area contributed by atoms with Crippen molar-refractivity contribution in [2.75, 3.05) is 60.4 Å². The summed E-state index contributed by atoms with van der Waals surface area (Å²) in [5.74, 6) is -10.5. The van der Waals surface area contributed by atoms with E-state index in [0.29, 0.717) is 71.0 Å². The first kappa shape index (κ1) is 83.9. The maximum absolute atomic E-state index is 14.4. The van der Waals surface area contributed by atoms with E-state index in [4.69, 9.17) is 14.2 Å². The van der Waals surface area contributed by atoms with E-state index in [1.54, 1.807) is 35.5 Å². The van der Waals surface area contributed by atoms with E-state index in [2.05, 4.69) is 113 Å². The summed E-state index contributed by atoms with van der Waals surface area (Å²) in [6, 6.07) is 24.5. The molecule has 4 aromatic carbocycles. The quantitative estimate of drug-likeness (QED) is 0.0578. The molecule has 28 nitrogen and oxygen atoms in total. The van der Waals surface area contributed by atoms with E-state index < -0.39 is 107 Å². The lowest BCUT2D eigenvalue weighted by Gasteiger charge is -2.49.